The van der Waals surface area contributed by atoms with Gasteiger partial charge in [0.2, 0.25) is 6.29 Å². The molecule has 2 aromatic carbocycles. The van der Waals surface area contributed by atoms with Crippen LogP contribution in [-0.4, -0.2) is 95.1 Å². The summed E-state index contributed by atoms with van der Waals surface area (Å²) in [5, 5.41) is 72.8. The maximum Gasteiger partial charge on any atom is 0.230 e. The second-order valence-corrected chi connectivity index (χ2v) is 18.5. The normalized spacial score (nSPS) is 34.0. The van der Waals surface area contributed by atoms with Gasteiger partial charge >= 0.3 is 0 Å². The van der Waals surface area contributed by atoms with Crippen LogP contribution >= 0.6 is 21.6 Å². The molecule has 4 aliphatic carbocycles. The highest BCUT2D eigenvalue weighted by Gasteiger charge is 2.70. The monoisotopic (exact) mass is 812 g/mol. The number of rotatable bonds is 4. The van der Waals surface area contributed by atoms with Gasteiger partial charge in [-0.1, -0.05) is 89.1 Å². The minimum atomic E-state index is -2.30. The van der Waals surface area contributed by atoms with Crippen LogP contribution in [0.25, 0.3) is 0 Å². The quantitative estimate of drug-likeness (QED) is 0.143. The van der Waals surface area contributed by atoms with E-state index in [4.69, 9.17) is 9.47 Å². The van der Waals surface area contributed by atoms with E-state index >= 15 is 4.79 Å². The molecule has 6 aliphatic rings. The van der Waals surface area contributed by atoms with E-state index in [1.165, 1.54) is 45.9 Å². The molecule has 3 aromatic rings. The van der Waals surface area contributed by atoms with Crippen molar-refractivity contribution in [2.24, 2.45) is 17.3 Å². The van der Waals surface area contributed by atoms with Gasteiger partial charge in [-0.3, -0.25) is 9.59 Å². The fourth-order valence-corrected chi connectivity index (χ4v) is 12.5. The van der Waals surface area contributed by atoms with Gasteiger partial charge in [0, 0.05) is 28.8 Å². The molecule has 0 amide bonds. The first kappa shape index (κ1) is 38.5. The molecule has 2 aliphatic heterocycles. The topological polar surface area (TPSA) is 199 Å². The third-order valence-electron chi connectivity index (χ3n) is 13.1. The van der Waals surface area contributed by atoms with Crippen LogP contribution in [0.15, 0.2) is 96.4 Å². The molecule has 3 heterocycles. The Hall–Kier alpha value is -3.99. The number of allylic oxidation sites excluding steroid dienone is 4. The molecular formula is C43H44N2O10S2. The largest absolute Gasteiger partial charge is 0.511 e. The third kappa shape index (κ3) is 5.78. The third-order valence-corrected chi connectivity index (χ3v) is 15.3. The zero-order chi connectivity index (χ0) is 39.7. The van der Waals surface area contributed by atoms with Gasteiger partial charge in [0.15, 0.2) is 11.6 Å². The summed E-state index contributed by atoms with van der Waals surface area (Å²) < 4.78 is 12.6. The van der Waals surface area contributed by atoms with E-state index in [1.807, 2.05) is 30.3 Å². The van der Waals surface area contributed by atoms with Crippen molar-refractivity contribution in [2.75, 3.05) is 23.6 Å². The van der Waals surface area contributed by atoms with Crippen molar-refractivity contribution in [2.45, 2.75) is 73.8 Å². The lowest BCUT2D eigenvalue weighted by Gasteiger charge is -2.60. The van der Waals surface area contributed by atoms with E-state index in [0.717, 1.165) is 29.5 Å². The van der Waals surface area contributed by atoms with Crippen molar-refractivity contribution in [3.8, 4) is 5.75 Å². The van der Waals surface area contributed by atoms with E-state index < -0.39 is 70.5 Å². The number of aliphatic hydroxyl groups excluding tert-OH is 5. The van der Waals surface area contributed by atoms with Crippen molar-refractivity contribution in [3.05, 3.63) is 124 Å². The van der Waals surface area contributed by atoms with Crippen molar-refractivity contribution < 1.29 is 49.7 Å². The number of ether oxygens (including phenoxy) is 2. The number of hydrogen-bond donors (Lipinski definition) is 7. The van der Waals surface area contributed by atoms with Crippen LogP contribution in [0.5, 0.6) is 5.75 Å². The van der Waals surface area contributed by atoms with Crippen molar-refractivity contribution in [1.29, 1.82) is 0 Å². The van der Waals surface area contributed by atoms with E-state index in [1.54, 1.807) is 30.5 Å². The van der Waals surface area contributed by atoms with E-state index in [9.17, 15) is 35.4 Å². The van der Waals surface area contributed by atoms with Crippen molar-refractivity contribution in [3.63, 3.8) is 0 Å². The van der Waals surface area contributed by atoms with Gasteiger partial charge in [-0.05, 0) is 65.8 Å². The number of nitrogens with zero attached hydrogens (tertiary/aromatic N) is 1. The van der Waals surface area contributed by atoms with Crippen LogP contribution < -0.4 is 10.1 Å². The zero-order valence-corrected chi connectivity index (χ0v) is 32.5. The SMILES string of the molecule is O=C1c2cccc3c2C(=O)[C@]2(CSSCNc4cc(ccn4)C4(CCCC4)[C@H]4C=C[C@]5(CO)O[C@@H](O3)[C@H](O)[C@@]4(O)[C@@H]5O)C(O)=CC(Cc3cccc(CO)c3)=C[C@H]12. The summed E-state index contributed by atoms with van der Waals surface area (Å²) in [7, 11) is 2.74. The summed E-state index contributed by atoms with van der Waals surface area (Å²) in [6.45, 7) is -0.898. The summed E-state index contributed by atoms with van der Waals surface area (Å²) in [4.78, 5) is 34.4. The van der Waals surface area contributed by atoms with Gasteiger partial charge < -0.3 is 45.4 Å². The Morgan fingerprint density at radius 1 is 0.982 bits per heavy atom. The first-order valence-electron chi connectivity index (χ1n) is 19.2. The Morgan fingerprint density at radius 3 is 2.56 bits per heavy atom. The average Bonchev–Trinajstić information content (AvgIpc) is 3.72. The molecule has 2 fully saturated rings. The molecule has 1 aromatic heterocycles. The molecule has 7 N–H and O–H groups in total. The van der Waals surface area contributed by atoms with Gasteiger partial charge in [0.25, 0.3) is 0 Å². The molecule has 1 saturated heterocycles. The Kier molecular flexibility index (Phi) is 9.72. The number of anilines is 1. The number of aliphatic hydroxyl groups is 6. The van der Waals surface area contributed by atoms with E-state index in [-0.39, 0.29) is 35.0 Å². The number of hydrogen-bond acceptors (Lipinski definition) is 14. The van der Waals surface area contributed by atoms with Gasteiger partial charge in [0.1, 0.15) is 46.2 Å². The second kappa shape index (κ2) is 14.4. The molecule has 12 nitrogen and oxygen atoms in total. The number of pyridine rings is 1. The summed E-state index contributed by atoms with van der Waals surface area (Å²) in [6.07, 6.45) is 6.17. The summed E-state index contributed by atoms with van der Waals surface area (Å²) >= 11 is 0. The Labute approximate surface area is 337 Å². The van der Waals surface area contributed by atoms with Crippen molar-refractivity contribution in [1.82, 2.24) is 4.98 Å². The highest BCUT2D eigenvalue weighted by Crippen LogP contribution is 2.58. The molecule has 298 valence electrons. The summed E-state index contributed by atoms with van der Waals surface area (Å²) in [5.41, 5.74) is -3.60. The maximum absolute atomic E-state index is 15.2. The lowest BCUT2D eigenvalue weighted by molar-refractivity contribution is -0.354. The maximum atomic E-state index is 15.2. The lowest BCUT2D eigenvalue weighted by atomic mass is 9.55. The molecule has 57 heavy (non-hydrogen) atoms. The predicted octanol–water partition coefficient (Wildman–Crippen LogP) is 4.56. The van der Waals surface area contributed by atoms with Crippen LogP contribution in [-0.2, 0) is 23.2 Å². The van der Waals surface area contributed by atoms with Gasteiger partial charge in [-0.25, -0.2) is 4.98 Å². The van der Waals surface area contributed by atoms with Gasteiger partial charge in [-0.2, -0.15) is 0 Å². The number of Topliss-reactive ketones (excluding diaryl/α,β-unsaturated/α-hetero) is 2. The molecular weight excluding hydrogens is 769 g/mol. The standard InChI is InChI=1S/C43H44N2O10S2/c46-20-25-6-3-5-24(15-25)16-26-17-29-35(49)28-7-4-8-30-34(28)36(50)42(29,32(48)18-26)22-56-57-23-45-33-19-27(10-14-44-33)40(11-1-2-12-40)31-9-13-41(21-47)39(52)43(31,53)37(51)38(54-30)55-41/h3-10,13-15,17-19,29,31,37-39,46-48,51-53H,1-2,11-12,16,20-23H2,(H,44,45)/t29-,31-,37+,38-,39-,41-,42+,43-/m1/s1. The number of carbonyl (C=O) groups is 2. The number of carbonyl (C=O) groups excluding carboxylic acids is 2. The lowest BCUT2D eigenvalue weighted by Crippen LogP contribution is -2.78. The minimum absolute atomic E-state index is 0.0135. The molecule has 8 atom stereocenters. The van der Waals surface area contributed by atoms with Crippen LogP contribution in [0.4, 0.5) is 5.82 Å². The zero-order valence-electron chi connectivity index (χ0n) is 30.9. The van der Waals surface area contributed by atoms with E-state index in [0.29, 0.717) is 36.5 Å². The van der Waals surface area contributed by atoms with Gasteiger partial charge in [0.05, 0.1) is 30.6 Å². The highest BCUT2D eigenvalue weighted by atomic mass is 33.1. The Bertz CT molecular complexity index is 2220. The number of aromatic nitrogens is 1. The number of benzene rings is 2. The fourth-order valence-electron chi connectivity index (χ4n) is 10.2. The minimum Gasteiger partial charge on any atom is -0.511 e. The number of ketones is 2. The van der Waals surface area contributed by atoms with Crippen LogP contribution in [0, 0.1) is 17.3 Å². The molecule has 2 spiro atoms. The molecule has 1 saturated carbocycles. The number of nitrogens with one attached hydrogen (secondary N) is 1. The summed E-state index contributed by atoms with van der Waals surface area (Å²) in [5.74, 6) is -2.36. The predicted molar refractivity (Wildman–Crippen MR) is 214 cm³/mol. The molecule has 0 radical (unpaired) electrons. The van der Waals surface area contributed by atoms with E-state index in [2.05, 4.69) is 10.3 Å². The molecule has 7 bridgehead atoms. The number of fused-ring (bicyclic) bond motifs is 6. The average molecular weight is 813 g/mol. The Morgan fingerprint density at radius 2 is 1.77 bits per heavy atom. The van der Waals surface area contributed by atoms with Crippen LogP contribution in [0.3, 0.4) is 0 Å². The van der Waals surface area contributed by atoms with Crippen LogP contribution in [0.2, 0.25) is 0 Å². The van der Waals surface area contributed by atoms with Gasteiger partial charge in [-0.15, -0.1) is 0 Å². The molecule has 14 heteroatoms. The molecule has 9 rings (SSSR count). The smallest absolute Gasteiger partial charge is 0.230 e. The highest BCUT2D eigenvalue weighted by molar-refractivity contribution is 8.76. The fraction of sp³-hybridized carbons (Fsp3) is 0.419. The first-order valence-corrected chi connectivity index (χ1v) is 21.7. The molecule has 0 unspecified atom stereocenters. The second-order valence-electron chi connectivity index (χ2n) is 16.0. The Balaban J connectivity index is 1.18. The summed E-state index contributed by atoms with van der Waals surface area (Å²) in [6, 6.07) is 15.7. The van der Waals surface area contributed by atoms with Crippen LogP contribution in [0.1, 0.15) is 63.1 Å². The van der Waals surface area contributed by atoms with Crippen molar-refractivity contribution >= 4 is 39.0 Å². The first-order chi connectivity index (χ1) is 27.5.